The SMILES string of the molecule is Cc1ccncc1NC(=O)NC(C)C. The lowest BCUT2D eigenvalue weighted by atomic mass is 10.2. The molecule has 4 heteroatoms. The molecule has 0 saturated heterocycles. The number of anilines is 1. The van der Waals surface area contributed by atoms with Crippen LogP contribution in [-0.4, -0.2) is 17.1 Å². The van der Waals surface area contributed by atoms with Crippen LogP contribution in [0.4, 0.5) is 10.5 Å². The molecule has 0 aliphatic carbocycles. The summed E-state index contributed by atoms with van der Waals surface area (Å²) >= 11 is 0. The predicted molar refractivity (Wildman–Crippen MR) is 56.3 cm³/mol. The van der Waals surface area contributed by atoms with Crippen molar-refractivity contribution in [2.24, 2.45) is 0 Å². The quantitative estimate of drug-likeness (QED) is 0.754. The molecule has 76 valence electrons. The number of amides is 2. The third kappa shape index (κ3) is 3.05. The van der Waals surface area contributed by atoms with Gasteiger partial charge in [0.1, 0.15) is 0 Å². The van der Waals surface area contributed by atoms with Crippen LogP contribution >= 0.6 is 0 Å². The fourth-order valence-electron chi connectivity index (χ4n) is 1.02. The van der Waals surface area contributed by atoms with Crippen LogP contribution in [0.15, 0.2) is 18.5 Å². The molecule has 0 radical (unpaired) electrons. The lowest BCUT2D eigenvalue weighted by Crippen LogP contribution is -2.34. The first-order chi connectivity index (χ1) is 6.59. The van der Waals surface area contributed by atoms with E-state index in [2.05, 4.69) is 15.6 Å². The first-order valence-electron chi connectivity index (χ1n) is 4.57. The average Bonchev–Trinajstić information content (AvgIpc) is 2.07. The molecular formula is C10H15N3O. The minimum absolute atomic E-state index is 0.131. The second-order valence-corrected chi connectivity index (χ2v) is 3.44. The number of rotatable bonds is 2. The summed E-state index contributed by atoms with van der Waals surface area (Å²) in [4.78, 5) is 15.3. The predicted octanol–water partition coefficient (Wildman–Crippen LogP) is 1.92. The van der Waals surface area contributed by atoms with Crippen LogP contribution in [0.2, 0.25) is 0 Å². The van der Waals surface area contributed by atoms with Gasteiger partial charge >= 0.3 is 6.03 Å². The second-order valence-electron chi connectivity index (χ2n) is 3.44. The van der Waals surface area contributed by atoms with Crippen LogP contribution in [0, 0.1) is 6.92 Å². The molecule has 1 heterocycles. The monoisotopic (exact) mass is 193 g/mol. The molecule has 0 spiro atoms. The van der Waals surface area contributed by atoms with E-state index >= 15 is 0 Å². The number of nitrogens with one attached hydrogen (secondary N) is 2. The lowest BCUT2D eigenvalue weighted by molar-refractivity contribution is 0.250. The van der Waals surface area contributed by atoms with Crippen molar-refractivity contribution in [2.45, 2.75) is 26.8 Å². The number of hydrogen-bond acceptors (Lipinski definition) is 2. The highest BCUT2D eigenvalue weighted by Gasteiger charge is 2.04. The van der Waals surface area contributed by atoms with Crippen molar-refractivity contribution in [3.05, 3.63) is 24.0 Å². The Morgan fingerprint density at radius 2 is 2.21 bits per heavy atom. The molecular weight excluding hydrogens is 178 g/mol. The van der Waals surface area contributed by atoms with Crippen molar-refractivity contribution in [3.8, 4) is 0 Å². The Labute approximate surface area is 83.7 Å². The molecule has 0 aliphatic rings. The van der Waals surface area contributed by atoms with Gasteiger partial charge in [0.2, 0.25) is 0 Å². The molecule has 1 rings (SSSR count). The zero-order valence-electron chi connectivity index (χ0n) is 8.66. The van der Waals surface area contributed by atoms with E-state index in [0.717, 1.165) is 11.3 Å². The first kappa shape index (κ1) is 10.5. The molecule has 0 aliphatic heterocycles. The molecule has 2 amide bonds. The number of hydrogen-bond donors (Lipinski definition) is 2. The Morgan fingerprint density at radius 3 is 2.79 bits per heavy atom. The number of carbonyl (C=O) groups excluding carboxylic acids is 1. The molecule has 4 nitrogen and oxygen atoms in total. The smallest absolute Gasteiger partial charge is 0.319 e. The summed E-state index contributed by atoms with van der Waals surface area (Å²) in [5, 5.41) is 5.47. The molecule has 0 unspecified atom stereocenters. The fourth-order valence-corrected chi connectivity index (χ4v) is 1.02. The summed E-state index contributed by atoms with van der Waals surface area (Å²) in [6.45, 7) is 5.75. The zero-order chi connectivity index (χ0) is 10.6. The molecule has 0 aromatic carbocycles. The van der Waals surface area contributed by atoms with Gasteiger partial charge in [0, 0.05) is 12.2 Å². The number of pyridine rings is 1. The summed E-state index contributed by atoms with van der Waals surface area (Å²) in [6, 6.07) is 1.79. The third-order valence-corrected chi connectivity index (χ3v) is 1.71. The van der Waals surface area contributed by atoms with E-state index in [1.54, 1.807) is 12.4 Å². The van der Waals surface area contributed by atoms with Crippen molar-refractivity contribution >= 4 is 11.7 Å². The average molecular weight is 193 g/mol. The van der Waals surface area contributed by atoms with E-state index in [1.807, 2.05) is 26.8 Å². The topological polar surface area (TPSA) is 54.0 Å². The second kappa shape index (κ2) is 4.60. The van der Waals surface area contributed by atoms with Gasteiger partial charge in [0.15, 0.2) is 0 Å². The molecule has 1 aromatic rings. The number of carbonyl (C=O) groups is 1. The van der Waals surface area contributed by atoms with Crippen LogP contribution in [0.3, 0.4) is 0 Å². The fraction of sp³-hybridized carbons (Fsp3) is 0.400. The van der Waals surface area contributed by atoms with Gasteiger partial charge < -0.3 is 10.6 Å². The number of aromatic nitrogens is 1. The maximum absolute atomic E-state index is 11.3. The Bertz CT molecular complexity index is 323. The lowest BCUT2D eigenvalue weighted by Gasteiger charge is -2.11. The Kier molecular flexibility index (Phi) is 3.45. The van der Waals surface area contributed by atoms with Gasteiger partial charge in [-0.3, -0.25) is 4.98 Å². The van der Waals surface area contributed by atoms with Crippen LogP contribution < -0.4 is 10.6 Å². The highest BCUT2D eigenvalue weighted by molar-refractivity contribution is 5.89. The van der Waals surface area contributed by atoms with Gasteiger partial charge in [0.25, 0.3) is 0 Å². The van der Waals surface area contributed by atoms with E-state index in [-0.39, 0.29) is 12.1 Å². The van der Waals surface area contributed by atoms with Crippen molar-refractivity contribution in [2.75, 3.05) is 5.32 Å². The molecule has 0 atom stereocenters. The van der Waals surface area contributed by atoms with Crippen molar-refractivity contribution < 1.29 is 4.79 Å². The summed E-state index contributed by atoms with van der Waals surface area (Å²) in [5.41, 5.74) is 1.74. The van der Waals surface area contributed by atoms with Crippen LogP contribution in [0.5, 0.6) is 0 Å². The van der Waals surface area contributed by atoms with E-state index in [0.29, 0.717) is 0 Å². The number of aryl methyl sites for hydroxylation is 1. The summed E-state index contributed by atoms with van der Waals surface area (Å²) in [5.74, 6) is 0. The highest BCUT2D eigenvalue weighted by Crippen LogP contribution is 2.10. The van der Waals surface area contributed by atoms with Gasteiger partial charge in [0.05, 0.1) is 11.9 Å². The minimum Gasteiger partial charge on any atom is -0.336 e. The van der Waals surface area contributed by atoms with E-state index in [4.69, 9.17) is 0 Å². The third-order valence-electron chi connectivity index (χ3n) is 1.71. The largest absolute Gasteiger partial charge is 0.336 e. The first-order valence-corrected chi connectivity index (χ1v) is 4.57. The maximum atomic E-state index is 11.3. The van der Waals surface area contributed by atoms with Gasteiger partial charge in [-0.2, -0.15) is 0 Å². The number of nitrogens with zero attached hydrogens (tertiary/aromatic N) is 1. The Hall–Kier alpha value is -1.58. The van der Waals surface area contributed by atoms with E-state index < -0.39 is 0 Å². The van der Waals surface area contributed by atoms with Crippen LogP contribution in [-0.2, 0) is 0 Å². The van der Waals surface area contributed by atoms with Gasteiger partial charge in [-0.15, -0.1) is 0 Å². The standard InChI is InChI=1S/C10H15N3O/c1-7(2)12-10(14)13-9-6-11-5-4-8(9)3/h4-7H,1-3H3,(H2,12,13,14). The minimum atomic E-state index is -0.198. The maximum Gasteiger partial charge on any atom is 0.319 e. The van der Waals surface area contributed by atoms with Gasteiger partial charge in [-0.05, 0) is 32.4 Å². The molecule has 14 heavy (non-hydrogen) atoms. The molecule has 0 fully saturated rings. The summed E-state index contributed by atoms with van der Waals surface area (Å²) in [6.07, 6.45) is 3.33. The highest BCUT2D eigenvalue weighted by atomic mass is 16.2. The molecule has 1 aromatic heterocycles. The van der Waals surface area contributed by atoms with Crippen molar-refractivity contribution in [1.29, 1.82) is 0 Å². The zero-order valence-corrected chi connectivity index (χ0v) is 8.66. The summed E-state index contributed by atoms with van der Waals surface area (Å²) in [7, 11) is 0. The Balaban J connectivity index is 2.61. The van der Waals surface area contributed by atoms with Crippen molar-refractivity contribution in [3.63, 3.8) is 0 Å². The van der Waals surface area contributed by atoms with E-state index in [1.165, 1.54) is 0 Å². The van der Waals surface area contributed by atoms with Crippen molar-refractivity contribution in [1.82, 2.24) is 10.3 Å². The molecule has 0 saturated carbocycles. The van der Waals surface area contributed by atoms with E-state index in [9.17, 15) is 4.79 Å². The van der Waals surface area contributed by atoms with Crippen LogP contribution in [0.1, 0.15) is 19.4 Å². The number of urea groups is 1. The van der Waals surface area contributed by atoms with Crippen LogP contribution in [0.25, 0.3) is 0 Å². The molecule has 0 bridgehead atoms. The van der Waals surface area contributed by atoms with Gasteiger partial charge in [-0.1, -0.05) is 0 Å². The normalized spacial score (nSPS) is 10.0. The molecule has 2 N–H and O–H groups in total. The summed E-state index contributed by atoms with van der Waals surface area (Å²) < 4.78 is 0. The van der Waals surface area contributed by atoms with Gasteiger partial charge in [-0.25, -0.2) is 4.79 Å². The Morgan fingerprint density at radius 1 is 1.50 bits per heavy atom.